The molecular formula is C21H27NO2S. The molecule has 0 aromatic heterocycles. The number of hydrogen-bond acceptors (Lipinski definition) is 3. The number of hydrogen-bond donors (Lipinski definition) is 1. The maximum atomic E-state index is 12.0. The molecule has 0 bridgehead atoms. The van der Waals surface area contributed by atoms with Gasteiger partial charge in [-0.2, -0.15) is 11.8 Å². The fraction of sp³-hybridized carbons (Fsp3) is 0.381. The molecule has 0 aliphatic carbocycles. The van der Waals surface area contributed by atoms with E-state index in [1.807, 2.05) is 30.3 Å². The molecule has 4 heteroatoms. The Hall–Kier alpha value is -1.94. The maximum Gasteiger partial charge on any atom is 0.234 e. The van der Waals surface area contributed by atoms with Gasteiger partial charge in [-0.15, -0.1) is 0 Å². The molecule has 0 saturated carbocycles. The number of unbranched alkanes of at least 4 members (excludes halogenated alkanes) is 1. The first kappa shape index (κ1) is 19.4. The molecule has 1 amide bonds. The predicted molar refractivity (Wildman–Crippen MR) is 108 cm³/mol. The van der Waals surface area contributed by atoms with E-state index in [-0.39, 0.29) is 5.91 Å². The van der Waals surface area contributed by atoms with E-state index in [9.17, 15) is 4.79 Å². The minimum absolute atomic E-state index is 0.0594. The van der Waals surface area contributed by atoms with Crippen LogP contribution in [0.25, 0.3) is 0 Å². The van der Waals surface area contributed by atoms with Crippen molar-refractivity contribution < 1.29 is 9.53 Å². The summed E-state index contributed by atoms with van der Waals surface area (Å²) in [6, 6.07) is 14.1. The standard InChI is InChI=1S/C21H27NO2S/c1-16-6-10-20(11-7-16)24-12-4-5-13-25-15-21(23)22-19-9-8-17(2)18(3)14-19/h6-11,14H,4-5,12-13,15H2,1-3H3,(H,22,23). The number of ether oxygens (including phenoxy) is 1. The molecule has 0 saturated heterocycles. The predicted octanol–water partition coefficient (Wildman–Crippen LogP) is 5.14. The van der Waals surface area contributed by atoms with Crippen LogP contribution in [0.5, 0.6) is 5.75 Å². The molecule has 3 nitrogen and oxygen atoms in total. The number of anilines is 1. The maximum absolute atomic E-state index is 12.0. The average Bonchev–Trinajstić information content (AvgIpc) is 2.59. The van der Waals surface area contributed by atoms with E-state index in [1.165, 1.54) is 16.7 Å². The van der Waals surface area contributed by atoms with Gasteiger partial charge < -0.3 is 10.1 Å². The van der Waals surface area contributed by atoms with Gasteiger partial charge in [-0.05, 0) is 74.8 Å². The zero-order valence-electron chi connectivity index (χ0n) is 15.3. The normalized spacial score (nSPS) is 10.5. The van der Waals surface area contributed by atoms with Gasteiger partial charge in [0.15, 0.2) is 0 Å². The van der Waals surface area contributed by atoms with Gasteiger partial charge in [-0.1, -0.05) is 23.8 Å². The number of carbonyl (C=O) groups is 1. The number of amides is 1. The first-order valence-corrected chi connectivity index (χ1v) is 9.84. The van der Waals surface area contributed by atoms with Crippen molar-refractivity contribution in [1.29, 1.82) is 0 Å². The van der Waals surface area contributed by atoms with Crippen molar-refractivity contribution in [3.63, 3.8) is 0 Å². The number of rotatable bonds is 9. The Labute approximate surface area is 155 Å². The van der Waals surface area contributed by atoms with Gasteiger partial charge in [0.25, 0.3) is 0 Å². The summed E-state index contributed by atoms with van der Waals surface area (Å²) in [6.45, 7) is 6.91. The summed E-state index contributed by atoms with van der Waals surface area (Å²) >= 11 is 1.67. The second kappa shape index (κ2) is 10.1. The monoisotopic (exact) mass is 357 g/mol. The van der Waals surface area contributed by atoms with Crippen LogP contribution in [0.4, 0.5) is 5.69 Å². The third-order valence-corrected chi connectivity index (χ3v) is 5.04. The fourth-order valence-electron chi connectivity index (χ4n) is 2.31. The van der Waals surface area contributed by atoms with Crippen molar-refractivity contribution in [2.24, 2.45) is 0 Å². The number of carbonyl (C=O) groups excluding carboxylic acids is 1. The topological polar surface area (TPSA) is 38.3 Å². The Morgan fingerprint density at radius 1 is 1.00 bits per heavy atom. The first-order valence-electron chi connectivity index (χ1n) is 8.69. The van der Waals surface area contributed by atoms with Gasteiger partial charge in [0.05, 0.1) is 12.4 Å². The molecule has 0 aliphatic rings. The third-order valence-electron chi connectivity index (χ3n) is 4.00. The largest absolute Gasteiger partial charge is 0.494 e. The lowest BCUT2D eigenvalue weighted by atomic mass is 10.1. The lowest BCUT2D eigenvalue weighted by Gasteiger charge is -2.08. The van der Waals surface area contributed by atoms with E-state index < -0.39 is 0 Å². The zero-order valence-corrected chi connectivity index (χ0v) is 16.1. The van der Waals surface area contributed by atoms with E-state index >= 15 is 0 Å². The summed E-state index contributed by atoms with van der Waals surface area (Å²) in [5.74, 6) is 2.44. The van der Waals surface area contributed by atoms with Crippen molar-refractivity contribution >= 4 is 23.4 Å². The van der Waals surface area contributed by atoms with Crippen molar-refractivity contribution in [2.45, 2.75) is 33.6 Å². The zero-order chi connectivity index (χ0) is 18.1. The first-order chi connectivity index (χ1) is 12.0. The molecule has 2 aromatic rings. The van der Waals surface area contributed by atoms with Crippen LogP contribution in [-0.4, -0.2) is 24.0 Å². The molecule has 0 spiro atoms. The Morgan fingerprint density at radius 2 is 1.76 bits per heavy atom. The SMILES string of the molecule is Cc1ccc(OCCCCSCC(=O)Nc2ccc(C)c(C)c2)cc1. The highest BCUT2D eigenvalue weighted by Crippen LogP contribution is 2.15. The second-order valence-electron chi connectivity index (χ2n) is 6.27. The fourth-order valence-corrected chi connectivity index (χ4v) is 3.12. The highest BCUT2D eigenvalue weighted by atomic mass is 32.2. The van der Waals surface area contributed by atoms with Gasteiger partial charge in [0, 0.05) is 5.69 Å². The van der Waals surface area contributed by atoms with Crippen LogP contribution in [0.2, 0.25) is 0 Å². The smallest absolute Gasteiger partial charge is 0.234 e. The summed E-state index contributed by atoms with van der Waals surface area (Å²) in [5.41, 5.74) is 4.54. The van der Waals surface area contributed by atoms with Crippen molar-refractivity contribution in [3.8, 4) is 5.75 Å². The highest BCUT2D eigenvalue weighted by molar-refractivity contribution is 7.99. The summed E-state index contributed by atoms with van der Waals surface area (Å²) in [6.07, 6.45) is 2.05. The molecule has 2 aromatic carbocycles. The Kier molecular flexibility index (Phi) is 7.86. The lowest BCUT2D eigenvalue weighted by molar-refractivity contribution is -0.113. The molecule has 0 radical (unpaired) electrons. The molecule has 0 unspecified atom stereocenters. The minimum atomic E-state index is 0.0594. The molecule has 0 atom stereocenters. The van der Waals surface area contributed by atoms with E-state index in [1.54, 1.807) is 11.8 Å². The average molecular weight is 358 g/mol. The number of nitrogens with one attached hydrogen (secondary N) is 1. The Bertz CT molecular complexity index is 683. The van der Waals surface area contributed by atoms with Crippen LogP contribution in [-0.2, 0) is 4.79 Å². The van der Waals surface area contributed by atoms with E-state index in [2.05, 4.69) is 38.2 Å². The summed E-state index contributed by atoms with van der Waals surface area (Å²) in [7, 11) is 0. The van der Waals surface area contributed by atoms with Gasteiger partial charge in [0.2, 0.25) is 5.91 Å². The molecule has 0 heterocycles. The second-order valence-corrected chi connectivity index (χ2v) is 7.37. The van der Waals surface area contributed by atoms with Crippen LogP contribution in [0.1, 0.15) is 29.5 Å². The van der Waals surface area contributed by atoms with E-state index in [0.29, 0.717) is 5.75 Å². The molecule has 1 N–H and O–H groups in total. The van der Waals surface area contributed by atoms with Gasteiger partial charge in [-0.25, -0.2) is 0 Å². The minimum Gasteiger partial charge on any atom is -0.494 e. The number of thioether (sulfide) groups is 1. The van der Waals surface area contributed by atoms with Crippen LogP contribution < -0.4 is 10.1 Å². The lowest BCUT2D eigenvalue weighted by Crippen LogP contribution is -2.14. The number of benzene rings is 2. The van der Waals surface area contributed by atoms with Crippen LogP contribution >= 0.6 is 11.8 Å². The van der Waals surface area contributed by atoms with E-state index in [4.69, 9.17) is 4.74 Å². The van der Waals surface area contributed by atoms with Gasteiger partial charge in [0.1, 0.15) is 5.75 Å². The summed E-state index contributed by atoms with van der Waals surface area (Å²) < 4.78 is 5.70. The van der Waals surface area contributed by atoms with Crippen molar-refractivity contribution in [2.75, 3.05) is 23.4 Å². The molecule has 2 rings (SSSR count). The molecule has 0 fully saturated rings. The van der Waals surface area contributed by atoms with Crippen LogP contribution in [0.15, 0.2) is 42.5 Å². The number of aryl methyl sites for hydroxylation is 3. The Morgan fingerprint density at radius 3 is 2.48 bits per heavy atom. The highest BCUT2D eigenvalue weighted by Gasteiger charge is 2.03. The van der Waals surface area contributed by atoms with Gasteiger partial charge >= 0.3 is 0 Å². The third kappa shape index (κ3) is 7.22. The Balaban J connectivity index is 1.54. The van der Waals surface area contributed by atoms with Gasteiger partial charge in [-0.3, -0.25) is 4.79 Å². The molecular weight excluding hydrogens is 330 g/mol. The summed E-state index contributed by atoms with van der Waals surface area (Å²) in [4.78, 5) is 12.0. The summed E-state index contributed by atoms with van der Waals surface area (Å²) in [5, 5.41) is 2.95. The van der Waals surface area contributed by atoms with Crippen LogP contribution in [0.3, 0.4) is 0 Å². The molecule has 0 aliphatic heterocycles. The van der Waals surface area contributed by atoms with Crippen molar-refractivity contribution in [1.82, 2.24) is 0 Å². The molecule has 25 heavy (non-hydrogen) atoms. The van der Waals surface area contributed by atoms with E-state index in [0.717, 1.165) is 36.6 Å². The van der Waals surface area contributed by atoms with Crippen molar-refractivity contribution in [3.05, 3.63) is 59.2 Å². The molecule has 134 valence electrons. The quantitative estimate of drug-likeness (QED) is 0.631. The van der Waals surface area contributed by atoms with Crippen LogP contribution in [0, 0.1) is 20.8 Å².